The van der Waals surface area contributed by atoms with Crippen molar-refractivity contribution in [3.63, 3.8) is 0 Å². The third kappa shape index (κ3) is 4.23. The Hall–Kier alpha value is -0.530. The topological polar surface area (TPSA) is 29.1 Å². The molecule has 0 aromatic rings. The zero-order chi connectivity index (χ0) is 11.1. The first-order valence-electron chi connectivity index (χ1n) is 6.55. The van der Waals surface area contributed by atoms with Gasteiger partial charge in [0.2, 0.25) is 5.91 Å². The molecule has 0 saturated carbocycles. The predicted molar refractivity (Wildman–Crippen MR) is 63.7 cm³/mol. The van der Waals surface area contributed by atoms with E-state index in [-0.39, 0.29) is 0 Å². The van der Waals surface area contributed by atoms with Gasteiger partial charge in [-0.05, 0) is 25.2 Å². The van der Waals surface area contributed by atoms with E-state index in [1.165, 1.54) is 32.1 Å². The van der Waals surface area contributed by atoms with Crippen LogP contribution in [0.25, 0.3) is 0 Å². The van der Waals surface area contributed by atoms with Crippen molar-refractivity contribution in [2.45, 2.75) is 58.8 Å². The predicted octanol–water partition coefficient (Wildman–Crippen LogP) is 3.12. The number of unbranched alkanes of at least 4 members (excludes halogenated alkanes) is 1. The van der Waals surface area contributed by atoms with Crippen molar-refractivity contribution in [3.05, 3.63) is 0 Å². The van der Waals surface area contributed by atoms with Crippen LogP contribution in [0.4, 0.5) is 0 Å². The SMILES string of the molecule is CCCCC(CC)CC1CCCNC1=O. The molecule has 2 unspecified atom stereocenters. The van der Waals surface area contributed by atoms with Crippen molar-refractivity contribution in [2.75, 3.05) is 6.54 Å². The molecular weight excluding hydrogens is 186 g/mol. The zero-order valence-corrected chi connectivity index (χ0v) is 10.2. The number of hydrogen-bond acceptors (Lipinski definition) is 1. The third-order valence-electron chi connectivity index (χ3n) is 3.56. The lowest BCUT2D eigenvalue weighted by atomic mass is 9.85. The number of carbonyl (C=O) groups is 1. The maximum Gasteiger partial charge on any atom is 0.223 e. The third-order valence-corrected chi connectivity index (χ3v) is 3.56. The van der Waals surface area contributed by atoms with Crippen LogP contribution in [-0.4, -0.2) is 12.5 Å². The van der Waals surface area contributed by atoms with Crippen LogP contribution >= 0.6 is 0 Å². The van der Waals surface area contributed by atoms with Crippen molar-refractivity contribution in [2.24, 2.45) is 11.8 Å². The van der Waals surface area contributed by atoms with E-state index in [0.717, 1.165) is 25.3 Å². The quantitative estimate of drug-likeness (QED) is 0.718. The van der Waals surface area contributed by atoms with Crippen LogP contribution in [0.3, 0.4) is 0 Å². The van der Waals surface area contributed by atoms with Crippen LogP contribution in [0.1, 0.15) is 58.8 Å². The molecule has 88 valence electrons. The summed E-state index contributed by atoms with van der Waals surface area (Å²) in [5.74, 6) is 1.37. The highest BCUT2D eigenvalue weighted by molar-refractivity contribution is 5.79. The van der Waals surface area contributed by atoms with Crippen LogP contribution in [-0.2, 0) is 4.79 Å². The fraction of sp³-hybridized carbons (Fsp3) is 0.923. The second kappa shape index (κ2) is 6.86. The molecule has 1 heterocycles. The number of hydrogen-bond donors (Lipinski definition) is 1. The summed E-state index contributed by atoms with van der Waals surface area (Å²) in [5.41, 5.74) is 0. The van der Waals surface area contributed by atoms with Crippen molar-refractivity contribution in [1.29, 1.82) is 0 Å². The average molecular weight is 211 g/mol. The Balaban J connectivity index is 2.32. The first-order valence-corrected chi connectivity index (χ1v) is 6.55. The molecule has 1 rings (SSSR count). The summed E-state index contributed by atoms with van der Waals surface area (Å²) in [4.78, 5) is 11.6. The molecule has 0 aliphatic carbocycles. The lowest BCUT2D eigenvalue weighted by Crippen LogP contribution is -2.37. The molecule has 15 heavy (non-hydrogen) atoms. The van der Waals surface area contributed by atoms with E-state index in [4.69, 9.17) is 0 Å². The Morgan fingerprint density at radius 3 is 2.87 bits per heavy atom. The average Bonchev–Trinajstić information content (AvgIpc) is 2.26. The van der Waals surface area contributed by atoms with E-state index in [2.05, 4.69) is 19.2 Å². The summed E-state index contributed by atoms with van der Waals surface area (Å²) in [7, 11) is 0. The van der Waals surface area contributed by atoms with Gasteiger partial charge in [0.25, 0.3) is 0 Å². The Kier molecular flexibility index (Phi) is 5.74. The standard InChI is InChI=1S/C13H25NO/c1-3-5-7-11(4-2)10-12-8-6-9-14-13(12)15/h11-12H,3-10H2,1-2H3,(H,14,15). The summed E-state index contributed by atoms with van der Waals surface area (Å²) < 4.78 is 0. The molecule has 2 nitrogen and oxygen atoms in total. The molecule has 2 atom stereocenters. The number of carbonyl (C=O) groups excluding carboxylic acids is 1. The van der Waals surface area contributed by atoms with Gasteiger partial charge >= 0.3 is 0 Å². The van der Waals surface area contributed by atoms with Gasteiger partial charge in [0.1, 0.15) is 0 Å². The first-order chi connectivity index (χ1) is 7.27. The molecule has 1 fully saturated rings. The molecule has 1 amide bonds. The summed E-state index contributed by atoms with van der Waals surface area (Å²) in [6.07, 6.45) is 8.50. The Morgan fingerprint density at radius 1 is 1.47 bits per heavy atom. The molecule has 1 N–H and O–H groups in total. The number of piperidine rings is 1. The minimum absolute atomic E-state index is 0.302. The van der Waals surface area contributed by atoms with Crippen LogP contribution in [0.5, 0.6) is 0 Å². The van der Waals surface area contributed by atoms with Gasteiger partial charge < -0.3 is 5.32 Å². The van der Waals surface area contributed by atoms with E-state index >= 15 is 0 Å². The van der Waals surface area contributed by atoms with E-state index in [1.807, 2.05) is 0 Å². The van der Waals surface area contributed by atoms with Gasteiger partial charge in [-0.15, -0.1) is 0 Å². The van der Waals surface area contributed by atoms with E-state index < -0.39 is 0 Å². The monoisotopic (exact) mass is 211 g/mol. The van der Waals surface area contributed by atoms with Crippen molar-refractivity contribution >= 4 is 5.91 Å². The molecule has 1 aliphatic heterocycles. The van der Waals surface area contributed by atoms with Gasteiger partial charge in [0, 0.05) is 12.5 Å². The number of rotatable bonds is 6. The highest BCUT2D eigenvalue weighted by Crippen LogP contribution is 2.25. The summed E-state index contributed by atoms with van der Waals surface area (Å²) in [6, 6.07) is 0. The fourth-order valence-electron chi connectivity index (χ4n) is 2.44. The van der Waals surface area contributed by atoms with E-state index in [1.54, 1.807) is 0 Å². The van der Waals surface area contributed by atoms with Crippen molar-refractivity contribution in [1.82, 2.24) is 5.32 Å². The molecule has 0 aromatic heterocycles. The van der Waals surface area contributed by atoms with Crippen molar-refractivity contribution < 1.29 is 4.79 Å². The summed E-state index contributed by atoms with van der Waals surface area (Å²) in [6.45, 7) is 5.38. The molecule has 2 heteroatoms. The summed E-state index contributed by atoms with van der Waals surface area (Å²) >= 11 is 0. The molecule has 0 radical (unpaired) electrons. The lowest BCUT2D eigenvalue weighted by molar-refractivity contribution is -0.127. The molecular formula is C13H25NO. The van der Waals surface area contributed by atoms with Crippen LogP contribution in [0, 0.1) is 11.8 Å². The highest BCUT2D eigenvalue weighted by atomic mass is 16.1. The van der Waals surface area contributed by atoms with Gasteiger partial charge in [0.05, 0.1) is 0 Å². The normalized spacial score (nSPS) is 23.6. The number of amides is 1. The Morgan fingerprint density at radius 2 is 2.27 bits per heavy atom. The maximum absolute atomic E-state index is 11.6. The molecule has 1 saturated heterocycles. The largest absolute Gasteiger partial charge is 0.356 e. The molecule has 0 bridgehead atoms. The Bertz CT molecular complexity index is 191. The maximum atomic E-state index is 11.6. The Labute approximate surface area is 93.8 Å². The molecule has 0 aromatic carbocycles. The summed E-state index contributed by atoms with van der Waals surface area (Å²) in [5, 5.41) is 2.98. The van der Waals surface area contributed by atoms with E-state index in [9.17, 15) is 4.79 Å². The number of nitrogens with one attached hydrogen (secondary N) is 1. The van der Waals surface area contributed by atoms with Crippen LogP contribution < -0.4 is 5.32 Å². The minimum Gasteiger partial charge on any atom is -0.356 e. The first kappa shape index (κ1) is 12.5. The molecule has 0 spiro atoms. The van der Waals surface area contributed by atoms with Gasteiger partial charge in [-0.25, -0.2) is 0 Å². The van der Waals surface area contributed by atoms with Crippen molar-refractivity contribution in [3.8, 4) is 0 Å². The van der Waals surface area contributed by atoms with Gasteiger partial charge in [0.15, 0.2) is 0 Å². The zero-order valence-electron chi connectivity index (χ0n) is 10.2. The van der Waals surface area contributed by atoms with Gasteiger partial charge in [-0.3, -0.25) is 4.79 Å². The van der Waals surface area contributed by atoms with Crippen LogP contribution in [0.2, 0.25) is 0 Å². The van der Waals surface area contributed by atoms with Crippen LogP contribution in [0.15, 0.2) is 0 Å². The minimum atomic E-state index is 0.302. The second-order valence-electron chi connectivity index (χ2n) is 4.78. The fourth-order valence-corrected chi connectivity index (χ4v) is 2.44. The lowest BCUT2D eigenvalue weighted by Gasteiger charge is -2.25. The highest BCUT2D eigenvalue weighted by Gasteiger charge is 2.24. The van der Waals surface area contributed by atoms with E-state index in [0.29, 0.717) is 11.8 Å². The van der Waals surface area contributed by atoms with Gasteiger partial charge in [-0.2, -0.15) is 0 Å². The molecule has 1 aliphatic rings. The second-order valence-corrected chi connectivity index (χ2v) is 4.78. The smallest absolute Gasteiger partial charge is 0.223 e. The van der Waals surface area contributed by atoms with Gasteiger partial charge in [-0.1, -0.05) is 39.5 Å².